The zero-order chi connectivity index (χ0) is 18.4. The Bertz CT molecular complexity index is 617. The Morgan fingerprint density at radius 1 is 1.24 bits per heavy atom. The normalized spacial score (nSPS) is 17.8. The molecule has 1 fully saturated rings. The number of aliphatic hydroxyl groups is 1. The zero-order valence-corrected chi connectivity index (χ0v) is 15.2. The van der Waals surface area contributed by atoms with Crippen LogP contribution in [0.1, 0.15) is 26.3 Å². The second-order valence-corrected chi connectivity index (χ2v) is 6.87. The molecule has 25 heavy (non-hydrogen) atoms. The van der Waals surface area contributed by atoms with Gasteiger partial charge < -0.3 is 14.7 Å². The van der Waals surface area contributed by atoms with E-state index in [1.807, 2.05) is 18.7 Å². The third kappa shape index (κ3) is 5.18. The lowest BCUT2D eigenvalue weighted by molar-refractivity contribution is -0.142. The first-order valence-corrected chi connectivity index (χ1v) is 8.77. The van der Waals surface area contributed by atoms with Gasteiger partial charge in [-0.15, -0.1) is 0 Å². The monoisotopic (exact) mass is 345 g/mol. The van der Waals surface area contributed by atoms with Crippen LogP contribution in [0.3, 0.4) is 0 Å². The van der Waals surface area contributed by atoms with E-state index in [9.17, 15) is 15.2 Å². The highest BCUT2D eigenvalue weighted by Gasteiger charge is 2.31. The van der Waals surface area contributed by atoms with Crippen molar-refractivity contribution < 1.29 is 14.6 Å². The number of nitrogens with zero attached hydrogens (tertiary/aromatic N) is 3. The molecule has 1 saturated heterocycles. The molecule has 6 nitrogen and oxygen atoms in total. The smallest absolute Gasteiger partial charge is 0.264 e. The molecule has 1 N–H and O–H groups in total. The number of benzene rings is 1. The van der Waals surface area contributed by atoms with Crippen molar-refractivity contribution in [1.82, 2.24) is 9.80 Å². The quantitative estimate of drug-likeness (QED) is 0.845. The van der Waals surface area contributed by atoms with Crippen molar-refractivity contribution in [2.45, 2.75) is 33.0 Å². The van der Waals surface area contributed by atoms with E-state index in [4.69, 9.17) is 4.74 Å². The van der Waals surface area contributed by atoms with E-state index >= 15 is 0 Å². The molecule has 6 heteroatoms. The number of hydrogen-bond acceptors (Lipinski definition) is 5. The standard InChI is InChI=1S/C19H27N3O3/c1-14(2)18(25-17-7-5-4-6-16(17)12-20)19(24)22-10-8-21(9-11-22)13-15(3)23/h4-7,14-15,18,23H,8-11,13H2,1-3H3/t15-,18-/m1/s1. The summed E-state index contributed by atoms with van der Waals surface area (Å²) in [6.45, 7) is 9.03. The molecule has 1 aromatic rings. The number of carbonyl (C=O) groups excluding carboxylic acids is 1. The molecule has 1 aliphatic rings. The van der Waals surface area contributed by atoms with E-state index < -0.39 is 6.10 Å². The van der Waals surface area contributed by atoms with Gasteiger partial charge >= 0.3 is 0 Å². The first-order chi connectivity index (χ1) is 11.9. The van der Waals surface area contributed by atoms with Crippen LogP contribution in [0.15, 0.2) is 24.3 Å². The topological polar surface area (TPSA) is 76.8 Å². The fourth-order valence-electron chi connectivity index (χ4n) is 2.97. The number of carbonyl (C=O) groups is 1. The van der Waals surface area contributed by atoms with Crippen LogP contribution in [0.4, 0.5) is 0 Å². The number of nitriles is 1. The van der Waals surface area contributed by atoms with E-state index in [0.717, 1.165) is 13.1 Å². The van der Waals surface area contributed by atoms with Gasteiger partial charge in [0.25, 0.3) is 5.91 Å². The Balaban J connectivity index is 2.03. The molecule has 0 unspecified atom stereocenters. The molecule has 0 aliphatic carbocycles. The largest absolute Gasteiger partial charge is 0.479 e. The van der Waals surface area contributed by atoms with Crippen LogP contribution in [0.5, 0.6) is 5.75 Å². The summed E-state index contributed by atoms with van der Waals surface area (Å²) < 4.78 is 5.94. The van der Waals surface area contributed by atoms with Gasteiger partial charge in [0.15, 0.2) is 6.10 Å². The maximum Gasteiger partial charge on any atom is 0.264 e. The SMILES string of the molecule is CC(C)[C@@H](Oc1ccccc1C#N)C(=O)N1CCN(C[C@@H](C)O)CC1. The minimum absolute atomic E-state index is 0.00487. The van der Waals surface area contributed by atoms with Crippen molar-refractivity contribution in [3.8, 4) is 11.8 Å². The Morgan fingerprint density at radius 2 is 1.88 bits per heavy atom. The van der Waals surface area contributed by atoms with Crippen LogP contribution in [0.25, 0.3) is 0 Å². The van der Waals surface area contributed by atoms with Crippen LogP contribution < -0.4 is 4.74 Å². The zero-order valence-electron chi connectivity index (χ0n) is 15.2. The molecular formula is C19H27N3O3. The summed E-state index contributed by atoms with van der Waals surface area (Å²) in [4.78, 5) is 16.9. The highest BCUT2D eigenvalue weighted by Crippen LogP contribution is 2.22. The third-order valence-electron chi connectivity index (χ3n) is 4.32. The Kier molecular flexibility index (Phi) is 6.80. The maximum atomic E-state index is 12.9. The summed E-state index contributed by atoms with van der Waals surface area (Å²) in [5.41, 5.74) is 0.433. The molecule has 0 spiro atoms. The van der Waals surface area contributed by atoms with Gasteiger partial charge in [-0.2, -0.15) is 5.26 Å². The summed E-state index contributed by atoms with van der Waals surface area (Å²) in [5, 5.41) is 18.7. The molecule has 2 atom stereocenters. The molecule has 1 heterocycles. The van der Waals surface area contributed by atoms with Crippen molar-refractivity contribution in [2.24, 2.45) is 5.92 Å². The van der Waals surface area contributed by atoms with Crippen LogP contribution in [0, 0.1) is 17.2 Å². The molecule has 0 saturated carbocycles. The van der Waals surface area contributed by atoms with E-state index in [-0.39, 0.29) is 17.9 Å². The van der Waals surface area contributed by atoms with E-state index in [0.29, 0.717) is 30.9 Å². The fourth-order valence-corrected chi connectivity index (χ4v) is 2.97. The number of para-hydroxylation sites is 1. The predicted molar refractivity (Wildman–Crippen MR) is 95.1 cm³/mol. The third-order valence-corrected chi connectivity index (χ3v) is 4.32. The van der Waals surface area contributed by atoms with Crippen molar-refractivity contribution >= 4 is 5.91 Å². The summed E-state index contributed by atoms with van der Waals surface area (Å²) in [6.07, 6.45) is -0.978. The Labute approximate surface area is 149 Å². The van der Waals surface area contributed by atoms with E-state index in [1.54, 1.807) is 31.2 Å². The minimum atomic E-state index is -0.613. The highest BCUT2D eigenvalue weighted by atomic mass is 16.5. The highest BCUT2D eigenvalue weighted by molar-refractivity contribution is 5.81. The average Bonchev–Trinajstić information content (AvgIpc) is 2.59. The number of hydrogen-bond donors (Lipinski definition) is 1. The average molecular weight is 345 g/mol. The minimum Gasteiger partial charge on any atom is -0.479 e. The molecule has 0 aromatic heterocycles. The van der Waals surface area contributed by atoms with Gasteiger partial charge in [-0.05, 0) is 25.0 Å². The summed E-state index contributed by atoms with van der Waals surface area (Å²) in [5.74, 6) is 0.402. The number of amides is 1. The number of piperazine rings is 1. The van der Waals surface area contributed by atoms with E-state index in [2.05, 4.69) is 11.0 Å². The van der Waals surface area contributed by atoms with E-state index in [1.165, 1.54) is 0 Å². The van der Waals surface area contributed by atoms with Crippen LogP contribution in [-0.2, 0) is 4.79 Å². The van der Waals surface area contributed by atoms with Crippen molar-refractivity contribution in [3.05, 3.63) is 29.8 Å². The van der Waals surface area contributed by atoms with Crippen molar-refractivity contribution in [3.63, 3.8) is 0 Å². The van der Waals surface area contributed by atoms with Crippen LogP contribution in [0.2, 0.25) is 0 Å². The van der Waals surface area contributed by atoms with Gasteiger partial charge in [0.2, 0.25) is 0 Å². The Hall–Kier alpha value is -2.10. The molecule has 1 aliphatic heterocycles. The summed E-state index contributed by atoms with van der Waals surface area (Å²) in [6, 6.07) is 9.09. The number of rotatable bonds is 6. The van der Waals surface area contributed by atoms with Gasteiger partial charge in [0.1, 0.15) is 11.8 Å². The Morgan fingerprint density at radius 3 is 2.44 bits per heavy atom. The maximum absolute atomic E-state index is 12.9. The lowest BCUT2D eigenvalue weighted by Gasteiger charge is -2.37. The van der Waals surface area contributed by atoms with Crippen molar-refractivity contribution in [1.29, 1.82) is 5.26 Å². The molecule has 1 amide bonds. The lowest BCUT2D eigenvalue weighted by Crippen LogP contribution is -2.54. The van der Waals surface area contributed by atoms with Crippen LogP contribution in [-0.4, -0.2) is 65.7 Å². The molecule has 1 aromatic carbocycles. The van der Waals surface area contributed by atoms with Crippen LogP contribution >= 0.6 is 0 Å². The molecular weight excluding hydrogens is 318 g/mol. The van der Waals surface area contributed by atoms with Crippen molar-refractivity contribution in [2.75, 3.05) is 32.7 Å². The second kappa shape index (κ2) is 8.84. The lowest BCUT2D eigenvalue weighted by atomic mass is 10.0. The first kappa shape index (κ1) is 19.2. The van der Waals surface area contributed by atoms with Gasteiger partial charge in [0, 0.05) is 32.7 Å². The molecule has 0 bridgehead atoms. The number of β-amino-alcohol motifs (C(OH)–C–C–N with tert-alkyl or cyclic N) is 1. The van der Waals surface area contributed by atoms with Gasteiger partial charge in [-0.25, -0.2) is 0 Å². The number of aliphatic hydroxyl groups excluding tert-OH is 1. The number of ether oxygens (including phenoxy) is 1. The first-order valence-electron chi connectivity index (χ1n) is 8.77. The summed E-state index contributed by atoms with van der Waals surface area (Å²) >= 11 is 0. The molecule has 2 rings (SSSR count). The summed E-state index contributed by atoms with van der Waals surface area (Å²) in [7, 11) is 0. The van der Waals surface area contributed by atoms with Gasteiger partial charge in [0.05, 0.1) is 11.7 Å². The fraction of sp³-hybridized carbons (Fsp3) is 0.579. The van der Waals surface area contributed by atoms with Gasteiger partial charge in [-0.3, -0.25) is 9.69 Å². The molecule has 0 radical (unpaired) electrons. The van der Waals surface area contributed by atoms with Gasteiger partial charge in [-0.1, -0.05) is 26.0 Å². The predicted octanol–water partition coefficient (Wildman–Crippen LogP) is 1.49. The molecule has 136 valence electrons. The second-order valence-electron chi connectivity index (χ2n) is 6.87.